The van der Waals surface area contributed by atoms with Crippen LogP contribution in [0.3, 0.4) is 0 Å². The maximum atomic E-state index is 5.29. The third-order valence-corrected chi connectivity index (χ3v) is 13.2. The molecule has 0 spiro atoms. The van der Waals surface area contributed by atoms with Crippen LogP contribution in [0.1, 0.15) is 0 Å². The summed E-state index contributed by atoms with van der Waals surface area (Å²) in [5, 5.41) is 7.44. The van der Waals surface area contributed by atoms with E-state index >= 15 is 0 Å². The summed E-state index contributed by atoms with van der Waals surface area (Å²) in [5.41, 5.74) is 3.88. The highest BCUT2D eigenvalue weighted by Crippen LogP contribution is 2.42. The van der Waals surface area contributed by atoms with Crippen LogP contribution in [0, 0.1) is 0 Å². The Labute approximate surface area is 310 Å². The summed E-state index contributed by atoms with van der Waals surface area (Å²) >= 11 is 5.44. The Morgan fingerprint density at radius 3 is 1.37 bits per heavy atom. The van der Waals surface area contributed by atoms with E-state index in [1.807, 2.05) is 40.1 Å². The number of anilines is 3. The molecule has 0 aliphatic rings. The first-order valence-electron chi connectivity index (χ1n) is 17.1. The van der Waals surface area contributed by atoms with Crippen molar-refractivity contribution < 1.29 is 0 Å². The number of hydrogen-bond acceptors (Lipinski definition) is 7. The van der Waals surface area contributed by atoms with Gasteiger partial charge in [-0.25, -0.2) is 4.98 Å². The lowest BCUT2D eigenvalue weighted by Gasteiger charge is -2.24. The van der Waals surface area contributed by atoms with Crippen molar-refractivity contribution in [1.29, 1.82) is 0 Å². The van der Waals surface area contributed by atoms with Crippen LogP contribution in [0.2, 0.25) is 0 Å². The maximum Gasteiger partial charge on any atom is 0.238 e. The first-order valence-corrected chi connectivity index (χ1v) is 19.5. The fraction of sp³-hybridized carbons (Fsp3) is 0. The van der Waals surface area contributed by atoms with E-state index in [1.54, 1.807) is 0 Å². The Hall–Kier alpha value is -5.99. The van der Waals surface area contributed by atoms with Gasteiger partial charge in [0.25, 0.3) is 0 Å². The summed E-state index contributed by atoms with van der Waals surface area (Å²) in [6, 6.07) is 56.1. The van der Waals surface area contributed by atoms with E-state index in [-0.39, 0.29) is 0 Å². The first kappa shape index (κ1) is 29.7. The van der Waals surface area contributed by atoms with Crippen LogP contribution in [0.15, 0.2) is 158 Å². The third-order valence-electron chi connectivity index (χ3n) is 9.73. The van der Waals surface area contributed by atoms with Gasteiger partial charge in [0.15, 0.2) is 11.6 Å². The van der Waals surface area contributed by atoms with Gasteiger partial charge in [-0.1, -0.05) is 78.9 Å². The predicted molar refractivity (Wildman–Crippen MR) is 224 cm³/mol. The average molecular weight is 719 g/mol. The zero-order chi connectivity index (χ0) is 34.2. The van der Waals surface area contributed by atoms with Crippen LogP contribution in [-0.2, 0) is 0 Å². The highest BCUT2D eigenvalue weighted by atomic mass is 32.1. The van der Waals surface area contributed by atoms with Crippen molar-refractivity contribution in [3.63, 3.8) is 0 Å². The molecule has 4 aromatic heterocycles. The molecule has 0 fully saturated rings. The van der Waals surface area contributed by atoms with E-state index in [9.17, 15) is 0 Å². The van der Waals surface area contributed by atoms with Crippen LogP contribution >= 0.6 is 34.0 Å². The smallest absolute Gasteiger partial charge is 0.238 e. The van der Waals surface area contributed by atoms with Gasteiger partial charge in [0, 0.05) is 77.3 Å². The fourth-order valence-electron chi connectivity index (χ4n) is 7.26. The minimum atomic E-state index is 0.567. The molecule has 0 amide bonds. The number of aromatic nitrogens is 3. The number of hydrogen-bond donors (Lipinski definition) is 0. The van der Waals surface area contributed by atoms with E-state index in [1.165, 1.54) is 60.5 Å². The molecule has 0 saturated carbocycles. The minimum Gasteiger partial charge on any atom is -0.279 e. The Bertz CT molecular complexity index is 3030. The molecule has 244 valence electrons. The topological polar surface area (TPSA) is 41.9 Å². The molecule has 11 rings (SSSR count). The van der Waals surface area contributed by atoms with Crippen molar-refractivity contribution in [2.24, 2.45) is 0 Å². The predicted octanol–water partition coefficient (Wildman–Crippen LogP) is 13.8. The second kappa shape index (κ2) is 11.8. The van der Waals surface area contributed by atoms with Crippen molar-refractivity contribution in [2.75, 3.05) is 4.90 Å². The van der Waals surface area contributed by atoms with Gasteiger partial charge in [0.05, 0.1) is 5.69 Å². The monoisotopic (exact) mass is 718 g/mol. The zero-order valence-corrected chi connectivity index (χ0v) is 30.0. The zero-order valence-electron chi connectivity index (χ0n) is 27.5. The molecule has 7 aromatic carbocycles. The SMILES string of the molecule is c1ccc(N(c2ccc3c(c2)sc2ccccc23)c2nc(-c3ccc4sc5ccccc5c4c3)nc(-c3ccc4sc5ccccc5c4c3)n2)cc1. The number of nitrogens with zero attached hydrogens (tertiary/aromatic N) is 4. The number of benzene rings is 7. The lowest BCUT2D eigenvalue weighted by atomic mass is 10.1. The summed E-state index contributed by atoms with van der Waals surface area (Å²) < 4.78 is 7.54. The Balaban J connectivity index is 1.16. The molecule has 0 aliphatic heterocycles. The molecule has 0 saturated heterocycles. The molecule has 0 N–H and O–H groups in total. The van der Waals surface area contributed by atoms with Gasteiger partial charge >= 0.3 is 0 Å². The van der Waals surface area contributed by atoms with Gasteiger partial charge in [-0.15, -0.1) is 34.0 Å². The third kappa shape index (κ3) is 4.82. The van der Waals surface area contributed by atoms with Crippen LogP contribution in [0.5, 0.6) is 0 Å². The molecule has 4 heterocycles. The van der Waals surface area contributed by atoms with Crippen molar-refractivity contribution >= 4 is 112 Å². The molecule has 0 bridgehead atoms. The Kier molecular flexibility index (Phi) is 6.73. The van der Waals surface area contributed by atoms with Crippen molar-refractivity contribution in [2.45, 2.75) is 0 Å². The summed E-state index contributed by atoms with van der Waals surface area (Å²) in [4.78, 5) is 18.0. The van der Waals surface area contributed by atoms with E-state index < -0.39 is 0 Å². The van der Waals surface area contributed by atoms with E-state index in [4.69, 9.17) is 15.0 Å². The lowest BCUT2D eigenvalue weighted by molar-refractivity contribution is 1.02. The van der Waals surface area contributed by atoms with Gasteiger partial charge in [-0.05, 0) is 78.9 Å². The molecule has 0 radical (unpaired) electrons. The molecule has 11 aromatic rings. The maximum absolute atomic E-state index is 5.29. The van der Waals surface area contributed by atoms with E-state index in [0.717, 1.165) is 22.5 Å². The van der Waals surface area contributed by atoms with Gasteiger partial charge in [0.1, 0.15) is 0 Å². The molecule has 0 unspecified atom stereocenters. The largest absolute Gasteiger partial charge is 0.279 e. The normalized spacial score (nSPS) is 11.8. The van der Waals surface area contributed by atoms with Gasteiger partial charge in [0.2, 0.25) is 5.95 Å². The molecular weight excluding hydrogens is 693 g/mol. The van der Waals surface area contributed by atoms with Crippen LogP contribution in [-0.4, -0.2) is 15.0 Å². The molecule has 7 heteroatoms. The van der Waals surface area contributed by atoms with Gasteiger partial charge in [-0.3, -0.25) is 4.90 Å². The van der Waals surface area contributed by atoms with E-state index in [2.05, 4.69) is 157 Å². The molecule has 4 nitrogen and oxygen atoms in total. The second-order valence-corrected chi connectivity index (χ2v) is 16.1. The number of rotatable bonds is 5. The Morgan fingerprint density at radius 1 is 0.327 bits per heavy atom. The van der Waals surface area contributed by atoms with Crippen LogP contribution in [0.4, 0.5) is 17.3 Å². The van der Waals surface area contributed by atoms with Crippen LogP contribution < -0.4 is 4.90 Å². The second-order valence-electron chi connectivity index (χ2n) is 12.9. The highest BCUT2D eigenvalue weighted by Gasteiger charge is 2.21. The number of para-hydroxylation sites is 1. The lowest BCUT2D eigenvalue weighted by Crippen LogP contribution is -2.15. The standard InChI is InChI=1S/C45H26N4S3/c1-2-10-29(11-3-1)49(30-20-21-34-31-12-4-7-15-37(31)52-42(34)26-30)45-47-43(27-18-22-40-35(24-27)32-13-5-8-16-38(32)50-40)46-44(48-45)28-19-23-41-36(25-28)33-14-6-9-17-39(33)51-41/h1-26H. The van der Waals surface area contributed by atoms with Gasteiger partial charge in [-0.2, -0.15) is 9.97 Å². The molecule has 0 aliphatic carbocycles. The molecule has 52 heavy (non-hydrogen) atoms. The quantitative estimate of drug-likeness (QED) is 0.178. The number of thiophene rings is 3. The van der Waals surface area contributed by atoms with Crippen LogP contribution in [0.25, 0.3) is 83.3 Å². The van der Waals surface area contributed by atoms with Crippen molar-refractivity contribution in [1.82, 2.24) is 15.0 Å². The Morgan fingerprint density at radius 2 is 0.788 bits per heavy atom. The minimum absolute atomic E-state index is 0.567. The summed E-state index contributed by atoms with van der Waals surface area (Å²) in [6.07, 6.45) is 0. The van der Waals surface area contributed by atoms with E-state index in [0.29, 0.717) is 17.6 Å². The summed E-state index contributed by atoms with van der Waals surface area (Å²) in [5.74, 6) is 1.84. The van der Waals surface area contributed by atoms with Crippen molar-refractivity contribution in [3.8, 4) is 22.8 Å². The number of fused-ring (bicyclic) bond motifs is 9. The van der Waals surface area contributed by atoms with Gasteiger partial charge < -0.3 is 0 Å². The summed E-state index contributed by atoms with van der Waals surface area (Å²) in [7, 11) is 0. The fourth-order valence-corrected chi connectivity index (χ4v) is 10.6. The first-order chi connectivity index (χ1) is 25.7. The summed E-state index contributed by atoms with van der Waals surface area (Å²) in [6.45, 7) is 0. The molecular formula is C45H26N4S3. The average Bonchev–Trinajstić information content (AvgIpc) is 3.89. The molecule has 0 atom stereocenters. The highest BCUT2D eigenvalue weighted by molar-refractivity contribution is 7.26. The van der Waals surface area contributed by atoms with Crippen molar-refractivity contribution in [3.05, 3.63) is 158 Å².